The summed E-state index contributed by atoms with van der Waals surface area (Å²) in [7, 11) is 4.41. The quantitative estimate of drug-likeness (QED) is 0.677. The zero-order valence-corrected chi connectivity index (χ0v) is 18.3. The summed E-state index contributed by atoms with van der Waals surface area (Å²) in [6.45, 7) is 12.5. The summed E-state index contributed by atoms with van der Waals surface area (Å²) >= 11 is 0. The first-order chi connectivity index (χ1) is 12.3. The lowest BCUT2D eigenvalue weighted by atomic mass is 10.0. The third-order valence-electron chi connectivity index (χ3n) is 3.34. The van der Waals surface area contributed by atoms with E-state index in [-0.39, 0.29) is 5.78 Å². The second-order valence-electron chi connectivity index (χ2n) is 5.91. The van der Waals surface area contributed by atoms with Crippen molar-refractivity contribution in [3.63, 3.8) is 0 Å². The topological polar surface area (TPSA) is 35.5 Å². The molecule has 0 aliphatic carbocycles. The number of aryl methyl sites for hydroxylation is 2. The molecule has 1 unspecified atom stereocenters. The zero-order valence-electron chi connectivity index (χ0n) is 17.2. The molecule has 0 heterocycles. The molecule has 1 atom stereocenters. The lowest BCUT2D eigenvalue weighted by molar-refractivity contribution is -0.114. The van der Waals surface area contributed by atoms with Gasteiger partial charge in [0.1, 0.15) is 18.1 Å². The van der Waals surface area contributed by atoms with Crippen molar-refractivity contribution in [1.82, 2.24) is 0 Å². The predicted octanol–water partition coefficient (Wildman–Crippen LogP) is 5.15. The van der Waals surface area contributed by atoms with E-state index in [9.17, 15) is 4.79 Å². The van der Waals surface area contributed by atoms with Crippen molar-refractivity contribution in [2.75, 3.05) is 7.11 Å². The summed E-state index contributed by atoms with van der Waals surface area (Å²) in [4.78, 5) is 9.44. The van der Waals surface area contributed by atoms with Crippen molar-refractivity contribution in [1.29, 1.82) is 0 Å². The average Bonchev–Trinajstić information content (AvgIpc) is 2.59. The van der Waals surface area contributed by atoms with Gasteiger partial charge in [-0.2, -0.15) is 0 Å². The summed E-state index contributed by atoms with van der Waals surface area (Å²) in [5, 5.41) is 1.18. The Hall–Kier alpha value is -1.70. The maximum atomic E-state index is 9.44. The van der Waals surface area contributed by atoms with E-state index in [0.717, 1.165) is 5.75 Å². The number of hydrogen-bond acceptors (Lipinski definition) is 3. The summed E-state index contributed by atoms with van der Waals surface area (Å²) in [6, 6.07) is 12.5. The molecule has 0 radical (unpaired) electrons. The van der Waals surface area contributed by atoms with E-state index in [1.807, 2.05) is 13.8 Å². The molecule has 0 saturated heterocycles. The molecule has 2 aromatic carbocycles. The Morgan fingerprint density at radius 2 is 1.42 bits per heavy atom. The predicted molar refractivity (Wildman–Crippen MR) is 114 cm³/mol. The van der Waals surface area contributed by atoms with Gasteiger partial charge in [-0.3, -0.25) is 0 Å². The van der Waals surface area contributed by atoms with E-state index in [1.165, 1.54) is 41.4 Å². The fourth-order valence-corrected chi connectivity index (χ4v) is 2.38. The van der Waals surface area contributed by atoms with Crippen LogP contribution in [0.3, 0.4) is 0 Å². The van der Waals surface area contributed by atoms with Crippen LogP contribution in [0.5, 0.6) is 5.75 Å². The van der Waals surface area contributed by atoms with Gasteiger partial charge in [0.2, 0.25) is 0 Å². The van der Waals surface area contributed by atoms with Crippen molar-refractivity contribution >= 4 is 20.3 Å². The van der Waals surface area contributed by atoms with Crippen LogP contribution < -0.4 is 10.0 Å². The molecule has 0 fully saturated rings. The first-order valence-corrected chi connectivity index (χ1v) is 9.44. The molecule has 0 aliphatic rings. The molecule has 0 bridgehead atoms. The highest BCUT2D eigenvalue weighted by molar-refractivity contribution is 7.27. The Labute approximate surface area is 161 Å². The number of carbonyl (C=O) groups is 1. The van der Waals surface area contributed by atoms with Crippen LogP contribution >= 0.6 is 9.24 Å². The van der Waals surface area contributed by atoms with Crippen molar-refractivity contribution in [2.24, 2.45) is 0 Å². The Morgan fingerprint density at radius 1 is 0.962 bits per heavy atom. The van der Waals surface area contributed by atoms with Crippen LogP contribution in [0.1, 0.15) is 49.9 Å². The summed E-state index contributed by atoms with van der Waals surface area (Å²) < 4.78 is 11.1. The summed E-state index contributed by atoms with van der Waals surface area (Å²) in [6.07, 6.45) is 0. The van der Waals surface area contributed by atoms with Gasteiger partial charge in [0.15, 0.2) is 0 Å². The van der Waals surface area contributed by atoms with Gasteiger partial charge in [0.05, 0.1) is 6.61 Å². The van der Waals surface area contributed by atoms with E-state index in [2.05, 4.69) is 59.5 Å². The number of Topliss-reactive ketones (excluding diaryl/α,β-unsaturated/α-hetero) is 1. The van der Waals surface area contributed by atoms with Gasteiger partial charge >= 0.3 is 0 Å². The number of hydrogen-bond donors (Lipinski definition) is 0. The zero-order chi connectivity index (χ0) is 20.1. The number of benzene rings is 2. The third kappa shape index (κ3) is 9.70. The van der Waals surface area contributed by atoms with Crippen molar-refractivity contribution < 1.29 is 14.3 Å². The molecular weight excluding hydrogens is 343 g/mol. The molecule has 4 heteroatoms. The van der Waals surface area contributed by atoms with Crippen LogP contribution in [0.15, 0.2) is 36.4 Å². The number of ketones is 1. The van der Waals surface area contributed by atoms with Crippen LogP contribution in [0.25, 0.3) is 0 Å². The average molecular weight is 376 g/mol. The standard InChI is InChI=1S/C17H21O2P.C3H6O.C2H6/c1-12-8-15(9-13(2)17(12)11-18-3)19-10-14-4-6-16(20)7-5-14;1-3(2)4;1-2/h4-9H,10-11,20H2,1-3H3;1-2H3;1-2H3. The highest BCUT2D eigenvalue weighted by Crippen LogP contribution is 2.23. The molecule has 0 N–H and O–H groups in total. The van der Waals surface area contributed by atoms with Gasteiger partial charge in [0.25, 0.3) is 0 Å². The molecule has 26 heavy (non-hydrogen) atoms. The lowest BCUT2D eigenvalue weighted by Gasteiger charge is -2.13. The van der Waals surface area contributed by atoms with Crippen molar-refractivity contribution in [3.8, 4) is 5.75 Å². The van der Waals surface area contributed by atoms with Crippen LogP contribution in [-0.4, -0.2) is 12.9 Å². The minimum atomic E-state index is 0.167. The largest absolute Gasteiger partial charge is 0.489 e. The normalized spacial score (nSPS) is 9.38. The number of methoxy groups -OCH3 is 1. The van der Waals surface area contributed by atoms with Gasteiger partial charge in [-0.05, 0) is 67.4 Å². The van der Waals surface area contributed by atoms with Crippen LogP contribution in [0, 0.1) is 13.8 Å². The summed E-state index contributed by atoms with van der Waals surface area (Å²) in [5.74, 6) is 1.08. The second-order valence-corrected chi connectivity index (χ2v) is 6.57. The van der Waals surface area contributed by atoms with Gasteiger partial charge in [-0.15, -0.1) is 9.24 Å². The smallest absolute Gasteiger partial charge is 0.126 e. The summed E-state index contributed by atoms with van der Waals surface area (Å²) in [5.41, 5.74) is 4.84. The molecule has 2 rings (SSSR count). The van der Waals surface area contributed by atoms with Crippen LogP contribution in [0.4, 0.5) is 0 Å². The van der Waals surface area contributed by atoms with Crippen molar-refractivity contribution in [3.05, 3.63) is 58.7 Å². The SMILES string of the molecule is CC.CC(C)=O.COCc1c(C)cc(OCc2ccc(P)cc2)cc1C. The minimum Gasteiger partial charge on any atom is -0.489 e. The van der Waals surface area contributed by atoms with Gasteiger partial charge in [0, 0.05) is 7.11 Å². The van der Waals surface area contributed by atoms with Crippen LogP contribution in [-0.2, 0) is 22.7 Å². The molecule has 0 aliphatic heterocycles. The minimum absolute atomic E-state index is 0.167. The second kappa shape index (κ2) is 13.5. The maximum Gasteiger partial charge on any atom is 0.126 e. The Balaban J connectivity index is 0.000000920. The maximum absolute atomic E-state index is 9.44. The van der Waals surface area contributed by atoms with Gasteiger partial charge in [-0.25, -0.2) is 0 Å². The lowest BCUT2D eigenvalue weighted by Crippen LogP contribution is -2.01. The number of rotatable bonds is 5. The Bertz CT molecular complexity index is 637. The first-order valence-electron chi connectivity index (χ1n) is 8.87. The molecular formula is C22H33O3P. The van der Waals surface area contributed by atoms with E-state index in [1.54, 1.807) is 7.11 Å². The highest BCUT2D eigenvalue weighted by Gasteiger charge is 2.06. The number of carbonyl (C=O) groups excluding carboxylic acids is 1. The Morgan fingerprint density at radius 3 is 1.85 bits per heavy atom. The molecule has 3 nitrogen and oxygen atoms in total. The molecule has 144 valence electrons. The van der Waals surface area contributed by atoms with Crippen molar-refractivity contribution in [2.45, 2.75) is 54.8 Å². The molecule has 0 amide bonds. The highest BCUT2D eigenvalue weighted by atomic mass is 31.0. The third-order valence-corrected chi connectivity index (χ3v) is 3.73. The van der Waals surface area contributed by atoms with Gasteiger partial charge < -0.3 is 14.3 Å². The Kier molecular flexibility index (Phi) is 12.6. The van der Waals surface area contributed by atoms with Gasteiger partial charge in [-0.1, -0.05) is 38.1 Å². The molecule has 0 spiro atoms. The fraction of sp³-hybridized carbons (Fsp3) is 0.409. The molecule has 2 aromatic rings. The van der Waals surface area contributed by atoms with E-state index < -0.39 is 0 Å². The fourth-order valence-electron chi connectivity index (χ4n) is 2.19. The van der Waals surface area contributed by atoms with E-state index in [4.69, 9.17) is 9.47 Å². The monoisotopic (exact) mass is 376 g/mol. The van der Waals surface area contributed by atoms with E-state index in [0.29, 0.717) is 13.2 Å². The molecule has 0 aromatic heterocycles. The van der Waals surface area contributed by atoms with E-state index >= 15 is 0 Å². The first kappa shape index (κ1) is 24.3. The molecule has 0 saturated carbocycles. The van der Waals surface area contributed by atoms with Crippen LogP contribution in [0.2, 0.25) is 0 Å². The number of ether oxygens (including phenoxy) is 2.